The van der Waals surface area contributed by atoms with E-state index in [-0.39, 0.29) is 9.92 Å². The summed E-state index contributed by atoms with van der Waals surface area (Å²) in [5.74, 6) is -0.524. The van der Waals surface area contributed by atoms with Crippen LogP contribution in [0.4, 0.5) is 11.4 Å². The second-order valence-corrected chi connectivity index (χ2v) is 10.1. The highest BCUT2D eigenvalue weighted by Gasteiger charge is 2.27. The summed E-state index contributed by atoms with van der Waals surface area (Å²) in [5.41, 5.74) is 1.70. The van der Waals surface area contributed by atoms with E-state index >= 15 is 0 Å². The maximum absolute atomic E-state index is 13.3. The van der Waals surface area contributed by atoms with Gasteiger partial charge in [-0.1, -0.05) is 62.9 Å². The molecule has 0 aliphatic heterocycles. The molecule has 0 bridgehead atoms. The van der Waals surface area contributed by atoms with E-state index in [4.69, 9.17) is 23.2 Å². The zero-order valence-corrected chi connectivity index (χ0v) is 19.7. The average Bonchev–Trinajstić information content (AvgIpc) is 2.69. The maximum Gasteiger partial charge on any atom is 0.264 e. The number of sulfonamides is 1. The van der Waals surface area contributed by atoms with E-state index < -0.39 is 22.5 Å². The van der Waals surface area contributed by atoms with E-state index in [9.17, 15) is 13.2 Å². The minimum Gasteiger partial charge on any atom is -0.324 e. The van der Waals surface area contributed by atoms with Gasteiger partial charge in [0.2, 0.25) is 5.91 Å². The zero-order valence-electron chi connectivity index (χ0n) is 15.8. The lowest BCUT2D eigenvalue weighted by Crippen LogP contribution is -2.38. The zero-order chi connectivity index (χ0) is 21.9. The molecule has 30 heavy (non-hydrogen) atoms. The molecule has 0 aliphatic rings. The molecule has 3 aromatic rings. The molecule has 0 atom stereocenters. The van der Waals surface area contributed by atoms with Crippen LogP contribution in [0.5, 0.6) is 0 Å². The largest absolute Gasteiger partial charge is 0.324 e. The first-order valence-electron chi connectivity index (χ1n) is 8.77. The number of nitrogens with zero attached hydrogens (tertiary/aromatic N) is 1. The van der Waals surface area contributed by atoms with Gasteiger partial charge in [0, 0.05) is 10.2 Å². The first-order valence-corrected chi connectivity index (χ1v) is 11.8. The van der Waals surface area contributed by atoms with Crippen molar-refractivity contribution in [3.8, 4) is 0 Å². The number of rotatable bonds is 6. The van der Waals surface area contributed by atoms with Gasteiger partial charge >= 0.3 is 0 Å². The van der Waals surface area contributed by atoms with Gasteiger partial charge in [0.1, 0.15) is 6.54 Å². The van der Waals surface area contributed by atoms with Gasteiger partial charge in [-0.25, -0.2) is 8.42 Å². The van der Waals surface area contributed by atoms with Gasteiger partial charge in [-0.15, -0.1) is 0 Å². The van der Waals surface area contributed by atoms with Gasteiger partial charge in [0.15, 0.2) is 0 Å². The average molecular weight is 528 g/mol. The van der Waals surface area contributed by atoms with E-state index in [0.717, 1.165) is 9.87 Å². The number of anilines is 2. The molecular weight excluding hydrogens is 511 g/mol. The van der Waals surface area contributed by atoms with Crippen molar-refractivity contribution in [2.75, 3.05) is 16.2 Å². The molecule has 5 nitrogen and oxygen atoms in total. The van der Waals surface area contributed by atoms with Gasteiger partial charge in [0.25, 0.3) is 10.0 Å². The van der Waals surface area contributed by atoms with Crippen LogP contribution in [-0.2, 0) is 14.8 Å². The Hall–Kier alpha value is -2.06. The van der Waals surface area contributed by atoms with Gasteiger partial charge in [0.05, 0.1) is 20.6 Å². The molecule has 0 radical (unpaired) electrons. The topological polar surface area (TPSA) is 66.5 Å². The second kappa shape index (κ2) is 9.39. The maximum atomic E-state index is 13.3. The van der Waals surface area contributed by atoms with Crippen LogP contribution in [0.3, 0.4) is 0 Å². The van der Waals surface area contributed by atoms with Gasteiger partial charge in [-0.2, -0.15) is 0 Å². The van der Waals surface area contributed by atoms with Gasteiger partial charge in [-0.05, 0) is 55.5 Å². The molecule has 0 saturated carbocycles. The summed E-state index contributed by atoms with van der Waals surface area (Å²) >= 11 is 15.2. The Kier molecular flexibility index (Phi) is 7.08. The Morgan fingerprint density at radius 1 is 1.00 bits per heavy atom. The van der Waals surface area contributed by atoms with E-state index in [1.165, 1.54) is 18.2 Å². The van der Waals surface area contributed by atoms with Crippen molar-refractivity contribution >= 4 is 66.4 Å². The van der Waals surface area contributed by atoms with E-state index in [2.05, 4.69) is 21.2 Å². The lowest BCUT2D eigenvalue weighted by Gasteiger charge is -2.24. The SMILES string of the molecule is Cc1ccc(S(=O)(=O)N(CC(=O)Nc2ccc(Cl)c(Cl)c2)c2cccc(Br)c2)cc1. The normalized spacial score (nSPS) is 11.2. The van der Waals surface area contributed by atoms with Crippen LogP contribution in [0, 0.1) is 6.92 Å². The molecule has 0 unspecified atom stereocenters. The first kappa shape index (κ1) is 22.6. The third kappa shape index (κ3) is 5.35. The van der Waals surface area contributed by atoms with Crippen molar-refractivity contribution in [1.29, 1.82) is 0 Å². The van der Waals surface area contributed by atoms with Crippen LogP contribution < -0.4 is 9.62 Å². The molecule has 0 spiro atoms. The molecule has 3 rings (SSSR count). The van der Waals surface area contributed by atoms with Crippen molar-refractivity contribution in [2.24, 2.45) is 0 Å². The number of amides is 1. The molecule has 0 fully saturated rings. The highest BCUT2D eigenvalue weighted by molar-refractivity contribution is 9.10. The van der Waals surface area contributed by atoms with Crippen LogP contribution in [0.25, 0.3) is 0 Å². The molecule has 0 heterocycles. The van der Waals surface area contributed by atoms with Gasteiger partial charge < -0.3 is 5.32 Å². The smallest absolute Gasteiger partial charge is 0.264 e. The van der Waals surface area contributed by atoms with Crippen LogP contribution >= 0.6 is 39.1 Å². The van der Waals surface area contributed by atoms with E-state index in [0.29, 0.717) is 20.9 Å². The number of halogens is 3. The van der Waals surface area contributed by atoms with Gasteiger partial charge in [-0.3, -0.25) is 9.10 Å². The number of hydrogen-bond donors (Lipinski definition) is 1. The highest BCUT2D eigenvalue weighted by atomic mass is 79.9. The van der Waals surface area contributed by atoms with Crippen LogP contribution in [0.15, 0.2) is 76.1 Å². The molecule has 9 heteroatoms. The van der Waals surface area contributed by atoms with Crippen molar-refractivity contribution < 1.29 is 13.2 Å². The molecule has 156 valence electrons. The molecule has 1 amide bonds. The predicted molar refractivity (Wildman–Crippen MR) is 125 cm³/mol. The van der Waals surface area contributed by atoms with E-state index in [1.807, 2.05) is 6.92 Å². The standard InChI is InChI=1S/C21H17BrCl2N2O3S/c1-14-5-8-18(9-6-14)30(28,29)26(17-4-2-3-15(22)11-17)13-21(27)25-16-7-10-19(23)20(24)12-16/h2-12H,13H2,1H3,(H,25,27). The fourth-order valence-electron chi connectivity index (χ4n) is 2.69. The minimum absolute atomic E-state index is 0.0930. The van der Waals surface area contributed by atoms with E-state index in [1.54, 1.807) is 48.5 Å². The number of hydrogen-bond acceptors (Lipinski definition) is 3. The number of benzene rings is 3. The van der Waals surface area contributed by atoms with Crippen LogP contribution in [-0.4, -0.2) is 20.9 Å². The second-order valence-electron chi connectivity index (χ2n) is 6.48. The summed E-state index contributed by atoms with van der Waals surface area (Å²) in [6.07, 6.45) is 0. The summed E-state index contributed by atoms with van der Waals surface area (Å²) in [5, 5.41) is 3.29. The quantitative estimate of drug-likeness (QED) is 0.434. The number of nitrogens with one attached hydrogen (secondary N) is 1. The Labute approximate surface area is 193 Å². The van der Waals surface area contributed by atoms with Crippen molar-refractivity contribution in [1.82, 2.24) is 0 Å². The summed E-state index contributed by atoms with van der Waals surface area (Å²) in [7, 11) is -3.99. The van der Waals surface area contributed by atoms with Crippen LogP contribution in [0.1, 0.15) is 5.56 Å². The Morgan fingerprint density at radius 3 is 2.33 bits per heavy atom. The molecule has 0 saturated heterocycles. The fraction of sp³-hybridized carbons (Fsp3) is 0.0952. The first-order chi connectivity index (χ1) is 14.2. The molecule has 0 aliphatic carbocycles. The molecule has 0 aromatic heterocycles. The Balaban J connectivity index is 1.94. The number of carbonyl (C=O) groups excluding carboxylic acids is 1. The van der Waals surface area contributed by atoms with Crippen molar-refractivity contribution in [3.63, 3.8) is 0 Å². The summed E-state index contributed by atoms with van der Waals surface area (Å²) in [4.78, 5) is 12.8. The fourth-order valence-corrected chi connectivity index (χ4v) is 4.79. The molecule has 1 N–H and O–H groups in total. The molecule has 3 aromatic carbocycles. The van der Waals surface area contributed by atoms with Crippen molar-refractivity contribution in [2.45, 2.75) is 11.8 Å². The minimum atomic E-state index is -3.99. The number of aryl methyl sites for hydroxylation is 1. The monoisotopic (exact) mass is 526 g/mol. The highest BCUT2D eigenvalue weighted by Crippen LogP contribution is 2.28. The summed E-state index contributed by atoms with van der Waals surface area (Å²) in [6.45, 7) is 1.44. The third-order valence-corrected chi connectivity index (χ3v) is 7.22. The summed E-state index contributed by atoms with van der Waals surface area (Å²) < 4.78 is 28.4. The molecular formula is C21H17BrCl2N2O3S. The Bertz CT molecular complexity index is 1190. The number of carbonyl (C=O) groups is 1. The lowest BCUT2D eigenvalue weighted by atomic mass is 10.2. The third-order valence-electron chi connectivity index (χ3n) is 4.20. The lowest BCUT2D eigenvalue weighted by molar-refractivity contribution is -0.114. The van der Waals surface area contributed by atoms with Crippen molar-refractivity contribution in [3.05, 3.63) is 86.8 Å². The predicted octanol–water partition coefficient (Wildman–Crippen LogP) is 5.90. The van der Waals surface area contributed by atoms with Crippen LogP contribution in [0.2, 0.25) is 10.0 Å². The Morgan fingerprint density at radius 2 is 1.70 bits per heavy atom. The summed E-state index contributed by atoms with van der Waals surface area (Å²) in [6, 6.07) is 17.8.